The van der Waals surface area contributed by atoms with Gasteiger partial charge in [-0.1, -0.05) is 0 Å². The summed E-state index contributed by atoms with van der Waals surface area (Å²) < 4.78 is 4.99. The number of likely N-dealkylation sites (tertiary alicyclic amines) is 1. The van der Waals surface area contributed by atoms with E-state index in [0.29, 0.717) is 12.6 Å². The molecule has 1 amide bonds. The smallest absolute Gasteiger partial charge is 0.409 e. The second-order valence-electron chi connectivity index (χ2n) is 4.32. The number of nitrogens with one attached hydrogen (secondary N) is 1. The average molecular weight is 269 g/mol. The fourth-order valence-electron chi connectivity index (χ4n) is 2.05. The van der Waals surface area contributed by atoms with E-state index in [1.807, 2.05) is 12.4 Å². The van der Waals surface area contributed by atoms with E-state index in [0.717, 1.165) is 38.2 Å². The zero-order chi connectivity index (χ0) is 12.8. The molecule has 6 heteroatoms. The molecule has 1 N–H and O–H groups in total. The quantitative estimate of drug-likeness (QED) is 0.906. The van der Waals surface area contributed by atoms with E-state index in [9.17, 15) is 4.79 Å². The molecule has 0 aromatic carbocycles. The third-order valence-electron chi connectivity index (χ3n) is 3.08. The lowest BCUT2D eigenvalue weighted by Gasteiger charge is -2.31. The lowest BCUT2D eigenvalue weighted by atomic mass is 10.1. The Balaban J connectivity index is 1.68. The second kappa shape index (κ2) is 6.70. The Morgan fingerprint density at radius 1 is 1.61 bits per heavy atom. The van der Waals surface area contributed by atoms with Crippen molar-refractivity contribution in [2.45, 2.75) is 32.4 Å². The molecule has 1 aromatic rings. The number of thiazole rings is 1. The monoisotopic (exact) mass is 269 g/mol. The van der Waals surface area contributed by atoms with Crippen molar-refractivity contribution in [2.75, 3.05) is 19.7 Å². The first-order chi connectivity index (χ1) is 8.79. The highest BCUT2D eigenvalue weighted by Crippen LogP contribution is 2.12. The van der Waals surface area contributed by atoms with Crippen LogP contribution in [0.3, 0.4) is 0 Å². The van der Waals surface area contributed by atoms with E-state index in [1.165, 1.54) is 0 Å². The van der Waals surface area contributed by atoms with Crippen molar-refractivity contribution in [3.8, 4) is 0 Å². The van der Waals surface area contributed by atoms with Crippen LogP contribution in [0.25, 0.3) is 0 Å². The summed E-state index contributed by atoms with van der Waals surface area (Å²) in [6.45, 7) is 4.63. The Hall–Kier alpha value is -1.14. The van der Waals surface area contributed by atoms with Gasteiger partial charge < -0.3 is 15.0 Å². The third-order valence-corrected chi connectivity index (χ3v) is 3.71. The molecule has 2 heterocycles. The first-order valence-corrected chi connectivity index (χ1v) is 7.26. The zero-order valence-corrected chi connectivity index (χ0v) is 11.4. The lowest BCUT2D eigenvalue weighted by Crippen LogP contribution is -2.44. The van der Waals surface area contributed by atoms with Crippen LogP contribution < -0.4 is 5.32 Å². The summed E-state index contributed by atoms with van der Waals surface area (Å²) in [5.74, 6) is 0. The number of nitrogens with zero attached hydrogens (tertiary/aromatic N) is 2. The van der Waals surface area contributed by atoms with E-state index in [1.54, 1.807) is 16.2 Å². The average Bonchev–Trinajstić information content (AvgIpc) is 2.90. The van der Waals surface area contributed by atoms with Crippen LogP contribution >= 0.6 is 11.3 Å². The number of ether oxygens (including phenoxy) is 1. The van der Waals surface area contributed by atoms with Gasteiger partial charge in [0.15, 0.2) is 0 Å². The van der Waals surface area contributed by atoms with Gasteiger partial charge in [0.2, 0.25) is 0 Å². The van der Waals surface area contributed by atoms with Crippen molar-refractivity contribution < 1.29 is 9.53 Å². The maximum atomic E-state index is 11.5. The molecule has 1 aromatic heterocycles. The molecular weight excluding hydrogens is 250 g/mol. The van der Waals surface area contributed by atoms with E-state index in [4.69, 9.17) is 4.74 Å². The molecule has 0 unspecified atom stereocenters. The van der Waals surface area contributed by atoms with E-state index < -0.39 is 0 Å². The highest BCUT2D eigenvalue weighted by Gasteiger charge is 2.23. The van der Waals surface area contributed by atoms with Crippen LogP contribution in [0.1, 0.15) is 25.5 Å². The molecule has 0 atom stereocenters. The number of rotatable bonds is 4. The van der Waals surface area contributed by atoms with Crippen LogP contribution in [0.4, 0.5) is 4.79 Å². The second-order valence-corrected chi connectivity index (χ2v) is 5.04. The molecule has 0 saturated carbocycles. The standard InChI is InChI=1S/C12H19N3O2S/c1-2-17-12(16)15-5-3-10(4-6-15)13-7-11-8-18-9-14-11/h8-10,13H,2-7H2,1H3. The fourth-order valence-corrected chi connectivity index (χ4v) is 2.61. The molecular formula is C12H19N3O2S. The predicted molar refractivity (Wildman–Crippen MR) is 70.6 cm³/mol. The van der Waals surface area contributed by atoms with Gasteiger partial charge in [0.25, 0.3) is 0 Å². The van der Waals surface area contributed by atoms with Gasteiger partial charge in [-0.2, -0.15) is 0 Å². The predicted octanol–water partition coefficient (Wildman–Crippen LogP) is 1.85. The summed E-state index contributed by atoms with van der Waals surface area (Å²) in [5.41, 5.74) is 2.94. The minimum atomic E-state index is -0.185. The molecule has 100 valence electrons. The SMILES string of the molecule is CCOC(=O)N1CCC(NCc2cscn2)CC1. The van der Waals surface area contributed by atoms with Crippen molar-refractivity contribution >= 4 is 17.4 Å². The van der Waals surface area contributed by atoms with Crippen molar-refractivity contribution in [1.29, 1.82) is 0 Å². The van der Waals surface area contributed by atoms with Crippen molar-refractivity contribution in [1.82, 2.24) is 15.2 Å². The normalized spacial score (nSPS) is 16.8. The Kier molecular flexibility index (Phi) is 4.95. The van der Waals surface area contributed by atoms with Crippen molar-refractivity contribution in [3.63, 3.8) is 0 Å². The maximum Gasteiger partial charge on any atom is 0.409 e. The molecule has 0 radical (unpaired) electrons. The van der Waals surface area contributed by atoms with Gasteiger partial charge in [-0.15, -0.1) is 11.3 Å². The molecule has 0 spiro atoms. The molecule has 0 bridgehead atoms. The van der Waals surface area contributed by atoms with Gasteiger partial charge >= 0.3 is 6.09 Å². The van der Waals surface area contributed by atoms with Crippen molar-refractivity contribution in [3.05, 3.63) is 16.6 Å². The highest BCUT2D eigenvalue weighted by atomic mass is 32.1. The Labute approximate surface area is 111 Å². The summed E-state index contributed by atoms with van der Waals surface area (Å²) in [7, 11) is 0. The summed E-state index contributed by atoms with van der Waals surface area (Å²) in [6, 6.07) is 0.470. The molecule has 1 fully saturated rings. The van der Waals surface area contributed by atoms with Gasteiger partial charge in [0.05, 0.1) is 17.8 Å². The first kappa shape index (κ1) is 13.3. The largest absolute Gasteiger partial charge is 0.450 e. The number of amides is 1. The highest BCUT2D eigenvalue weighted by molar-refractivity contribution is 7.07. The van der Waals surface area contributed by atoms with Crippen LogP contribution in [0.5, 0.6) is 0 Å². The molecule has 1 saturated heterocycles. The first-order valence-electron chi connectivity index (χ1n) is 6.31. The molecule has 0 aliphatic carbocycles. The molecule has 1 aliphatic heterocycles. The summed E-state index contributed by atoms with van der Waals surface area (Å²) in [5, 5.41) is 5.54. The number of carbonyl (C=O) groups excluding carboxylic acids is 1. The number of aromatic nitrogens is 1. The van der Waals surface area contributed by atoms with Gasteiger partial charge in [-0.05, 0) is 19.8 Å². The van der Waals surface area contributed by atoms with Gasteiger partial charge in [0, 0.05) is 31.1 Å². The van der Waals surface area contributed by atoms with E-state index in [-0.39, 0.29) is 6.09 Å². The summed E-state index contributed by atoms with van der Waals surface area (Å²) in [4.78, 5) is 17.5. The number of carbonyl (C=O) groups is 1. The van der Waals surface area contributed by atoms with Crippen LogP contribution in [-0.2, 0) is 11.3 Å². The molecule has 2 rings (SSSR count). The van der Waals surface area contributed by atoms with Crippen LogP contribution in [0.15, 0.2) is 10.9 Å². The lowest BCUT2D eigenvalue weighted by molar-refractivity contribution is 0.0950. The van der Waals surface area contributed by atoms with Crippen LogP contribution in [-0.4, -0.2) is 41.7 Å². The minimum absolute atomic E-state index is 0.185. The molecule has 18 heavy (non-hydrogen) atoms. The fraction of sp³-hybridized carbons (Fsp3) is 0.667. The van der Waals surface area contributed by atoms with Gasteiger partial charge in [0.1, 0.15) is 0 Å². The van der Waals surface area contributed by atoms with Gasteiger partial charge in [-0.3, -0.25) is 0 Å². The zero-order valence-electron chi connectivity index (χ0n) is 10.6. The Bertz CT molecular complexity index is 361. The van der Waals surface area contributed by atoms with Gasteiger partial charge in [-0.25, -0.2) is 9.78 Å². The topological polar surface area (TPSA) is 54.5 Å². The minimum Gasteiger partial charge on any atom is -0.450 e. The van der Waals surface area contributed by atoms with Crippen LogP contribution in [0.2, 0.25) is 0 Å². The van der Waals surface area contributed by atoms with Crippen LogP contribution in [0, 0.1) is 0 Å². The number of hydrogen-bond acceptors (Lipinski definition) is 5. The Morgan fingerprint density at radius 2 is 2.39 bits per heavy atom. The van der Waals surface area contributed by atoms with Crippen molar-refractivity contribution in [2.24, 2.45) is 0 Å². The third kappa shape index (κ3) is 3.68. The molecule has 5 nitrogen and oxygen atoms in total. The maximum absolute atomic E-state index is 11.5. The summed E-state index contributed by atoms with van der Waals surface area (Å²) in [6.07, 6.45) is 1.77. The number of hydrogen-bond donors (Lipinski definition) is 1. The van der Waals surface area contributed by atoms with E-state index in [2.05, 4.69) is 15.7 Å². The van der Waals surface area contributed by atoms with E-state index >= 15 is 0 Å². The summed E-state index contributed by atoms with van der Waals surface area (Å²) >= 11 is 1.62. The Morgan fingerprint density at radius 3 is 3.00 bits per heavy atom. The molecule has 1 aliphatic rings. The number of piperidine rings is 1.